The lowest BCUT2D eigenvalue weighted by Crippen LogP contribution is -2.30. The average Bonchev–Trinajstić information content (AvgIpc) is 3.15. The molecule has 5 rings (SSSR count). The van der Waals surface area contributed by atoms with E-state index in [-0.39, 0.29) is 17.9 Å². The van der Waals surface area contributed by atoms with E-state index in [1.165, 1.54) is 22.0 Å². The van der Waals surface area contributed by atoms with Crippen molar-refractivity contribution in [1.82, 2.24) is 15.0 Å². The number of nitrogens with zero attached hydrogens (tertiary/aromatic N) is 3. The van der Waals surface area contributed by atoms with Crippen molar-refractivity contribution in [2.24, 2.45) is 11.0 Å². The van der Waals surface area contributed by atoms with E-state index >= 15 is 0 Å². The fraction of sp³-hybridized carbons (Fsp3) is 0.250. The molecule has 2 N–H and O–H groups in total. The number of aryl methyl sites for hydroxylation is 1. The number of hydrogen-bond donors (Lipinski definition) is 2. The lowest BCUT2D eigenvalue weighted by Gasteiger charge is -2.17. The number of rotatable bonds is 4. The molecule has 0 saturated carbocycles. The van der Waals surface area contributed by atoms with Gasteiger partial charge in [-0.15, -0.1) is 11.3 Å². The number of benzene rings is 2. The standard InChI is InChI=1S/C24H22N4O3S/c1-14-6-8-17-20(10-14)32-23-22(17)24(31)28(13-25-23)12-21(30)27-26-11-18-16-5-3-2-4-15(16)7-9-19(18)29/h2-5,7,9,11,13-14,29H,6,8,10,12H2,1H3,(H,27,30)/b26-11-/t14-/m1/s1. The number of aromatic hydroxyl groups is 1. The topological polar surface area (TPSA) is 96.6 Å². The van der Waals surface area contributed by atoms with Crippen LogP contribution in [0.3, 0.4) is 0 Å². The third kappa shape index (κ3) is 3.67. The molecule has 1 aliphatic rings. The fourth-order valence-corrected chi connectivity index (χ4v) is 5.60. The van der Waals surface area contributed by atoms with Crippen LogP contribution < -0.4 is 11.0 Å². The van der Waals surface area contributed by atoms with Crippen LogP contribution in [-0.2, 0) is 24.2 Å². The van der Waals surface area contributed by atoms with Crippen LogP contribution in [0.2, 0.25) is 0 Å². The van der Waals surface area contributed by atoms with Crippen molar-refractivity contribution in [3.63, 3.8) is 0 Å². The molecule has 0 saturated heterocycles. The summed E-state index contributed by atoms with van der Waals surface area (Å²) in [5.41, 5.74) is 3.87. The minimum Gasteiger partial charge on any atom is -0.507 e. The molecule has 1 atom stereocenters. The van der Waals surface area contributed by atoms with Gasteiger partial charge >= 0.3 is 0 Å². The van der Waals surface area contributed by atoms with Gasteiger partial charge in [0.2, 0.25) is 0 Å². The molecule has 0 bridgehead atoms. The van der Waals surface area contributed by atoms with Gasteiger partial charge in [0, 0.05) is 10.4 Å². The summed E-state index contributed by atoms with van der Waals surface area (Å²) in [6.45, 7) is 2.05. The first kappa shape index (κ1) is 20.4. The highest BCUT2D eigenvalue weighted by atomic mass is 32.1. The molecule has 0 radical (unpaired) electrons. The summed E-state index contributed by atoms with van der Waals surface area (Å²) in [5, 5.41) is 16.6. The van der Waals surface area contributed by atoms with Gasteiger partial charge in [-0.05, 0) is 47.6 Å². The van der Waals surface area contributed by atoms with E-state index in [1.54, 1.807) is 17.4 Å². The molecule has 0 fully saturated rings. The first-order valence-corrected chi connectivity index (χ1v) is 11.3. The maximum atomic E-state index is 13.0. The van der Waals surface area contributed by atoms with Crippen LogP contribution in [-0.4, -0.2) is 26.8 Å². The van der Waals surface area contributed by atoms with Crippen molar-refractivity contribution in [2.45, 2.75) is 32.7 Å². The van der Waals surface area contributed by atoms with Gasteiger partial charge in [-0.25, -0.2) is 10.4 Å². The van der Waals surface area contributed by atoms with Crippen LogP contribution >= 0.6 is 11.3 Å². The molecule has 0 unspecified atom stereocenters. The highest BCUT2D eigenvalue weighted by Crippen LogP contribution is 2.35. The second-order valence-electron chi connectivity index (χ2n) is 8.22. The molecule has 2 aromatic heterocycles. The zero-order valence-electron chi connectivity index (χ0n) is 17.5. The van der Waals surface area contributed by atoms with Crippen LogP contribution in [0.5, 0.6) is 5.75 Å². The maximum Gasteiger partial charge on any atom is 0.262 e. The average molecular weight is 447 g/mol. The van der Waals surface area contributed by atoms with E-state index in [0.717, 1.165) is 40.4 Å². The number of phenolic OH excluding ortho intramolecular Hbond substituents is 1. The quantitative estimate of drug-likeness (QED) is 0.370. The Kier molecular flexibility index (Phi) is 5.22. The summed E-state index contributed by atoms with van der Waals surface area (Å²) >= 11 is 1.59. The SMILES string of the molecule is C[C@@H]1CCc2c(sc3ncn(CC(=O)N/N=C\c4c(O)ccc5ccccc45)c(=O)c23)C1. The van der Waals surface area contributed by atoms with Gasteiger partial charge < -0.3 is 5.11 Å². The highest BCUT2D eigenvalue weighted by molar-refractivity contribution is 7.18. The maximum absolute atomic E-state index is 13.0. The monoisotopic (exact) mass is 446 g/mol. The number of hydrazone groups is 1. The summed E-state index contributed by atoms with van der Waals surface area (Å²) in [5.74, 6) is 0.244. The number of thiophene rings is 1. The number of aromatic nitrogens is 2. The number of carbonyl (C=O) groups excluding carboxylic acids is 1. The first-order chi connectivity index (χ1) is 15.5. The van der Waals surface area contributed by atoms with Crippen LogP contribution in [0.1, 0.15) is 29.3 Å². The third-order valence-electron chi connectivity index (χ3n) is 5.93. The zero-order chi connectivity index (χ0) is 22.2. The molecule has 1 amide bonds. The Balaban J connectivity index is 1.36. The molecule has 7 nitrogen and oxygen atoms in total. The normalized spacial score (nSPS) is 16.0. The highest BCUT2D eigenvalue weighted by Gasteiger charge is 2.23. The molecule has 0 spiro atoms. The van der Waals surface area contributed by atoms with Crippen LogP contribution in [0.4, 0.5) is 0 Å². The first-order valence-electron chi connectivity index (χ1n) is 10.5. The van der Waals surface area contributed by atoms with Crippen molar-refractivity contribution >= 4 is 44.4 Å². The number of fused-ring (bicyclic) bond motifs is 4. The third-order valence-corrected chi connectivity index (χ3v) is 7.09. The fourth-order valence-electron chi connectivity index (χ4n) is 4.26. The number of nitrogens with one attached hydrogen (secondary N) is 1. The number of phenols is 1. The molecule has 2 aromatic carbocycles. The molecular weight excluding hydrogens is 424 g/mol. The van der Waals surface area contributed by atoms with Gasteiger partial charge in [-0.3, -0.25) is 14.2 Å². The van der Waals surface area contributed by atoms with Gasteiger partial charge in [-0.1, -0.05) is 37.3 Å². The predicted octanol–water partition coefficient (Wildman–Crippen LogP) is 3.59. The summed E-state index contributed by atoms with van der Waals surface area (Å²) in [7, 11) is 0. The molecular formula is C24H22N4O3S. The zero-order valence-corrected chi connectivity index (χ0v) is 18.4. The van der Waals surface area contributed by atoms with Gasteiger partial charge in [0.25, 0.3) is 11.5 Å². The Bertz CT molecular complexity index is 1440. The molecule has 1 aliphatic carbocycles. The minimum absolute atomic E-state index is 0.0733. The largest absolute Gasteiger partial charge is 0.507 e. The van der Waals surface area contributed by atoms with Crippen molar-refractivity contribution in [2.75, 3.05) is 0 Å². The van der Waals surface area contributed by atoms with Crippen LogP contribution in [0.15, 0.2) is 52.6 Å². The van der Waals surface area contributed by atoms with Gasteiger partial charge in [0.1, 0.15) is 17.1 Å². The van der Waals surface area contributed by atoms with Crippen molar-refractivity contribution in [3.8, 4) is 5.75 Å². The molecule has 8 heteroatoms. The smallest absolute Gasteiger partial charge is 0.262 e. The Labute approximate surface area is 188 Å². The Morgan fingerprint density at radius 3 is 3.06 bits per heavy atom. The van der Waals surface area contributed by atoms with Crippen LogP contribution in [0, 0.1) is 5.92 Å². The van der Waals surface area contributed by atoms with E-state index in [1.807, 2.05) is 30.3 Å². The summed E-state index contributed by atoms with van der Waals surface area (Å²) in [6.07, 6.45) is 5.75. The van der Waals surface area contributed by atoms with Crippen LogP contribution in [0.25, 0.3) is 21.0 Å². The van der Waals surface area contributed by atoms with E-state index in [0.29, 0.717) is 16.9 Å². The van der Waals surface area contributed by atoms with Crippen molar-refractivity contribution < 1.29 is 9.90 Å². The van der Waals surface area contributed by atoms with Gasteiger partial charge in [0.05, 0.1) is 17.9 Å². The minimum atomic E-state index is -0.443. The van der Waals surface area contributed by atoms with Crippen molar-refractivity contribution in [3.05, 3.63) is 69.1 Å². The number of amides is 1. The van der Waals surface area contributed by atoms with Gasteiger partial charge in [0.15, 0.2) is 0 Å². The molecule has 0 aliphatic heterocycles. The Morgan fingerprint density at radius 2 is 2.19 bits per heavy atom. The second-order valence-corrected chi connectivity index (χ2v) is 9.31. The van der Waals surface area contributed by atoms with E-state index in [9.17, 15) is 14.7 Å². The summed E-state index contributed by atoms with van der Waals surface area (Å²) < 4.78 is 1.33. The molecule has 2 heterocycles. The van der Waals surface area contributed by atoms with Crippen molar-refractivity contribution in [1.29, 1.82) is 0 Å². The Hall–Kier alpha value is -3.52. The predicted molar refractivity (Wildman–Crippen MR) is 126 cm³/mol. The molecule has 4 aromatic rings. The summed E-state index contributed by atoms with van der Waals surface area (Å²) in [4.78, 5) is 31.9. The second kappa shape index (κ2) is 8.20. The van der Waals surface area contributed by atoms with E-state index < -0.39 is 5.91 Å². The number of carbonyl (C=O) groups is 1. The number of hydrogen-bond acceptors (Lipinski definition) is 6. The lowest BCUT2D eigenvalue weighted by molar-refractivity contribution is -0.121. The lowest BCUT2D eigenvalue weighted by atomic mass is 9.89. The molecule has 32 heavy (non-hydrogen) atoms. The van der Waals surface area contributed by atoms with Gasteiger partial charge in [-0.2, -0.15) is 5.10 Å². The van der Waals surface area contributed by atoms with E-state index in [4.69, 9.17) is 0 Å². The van der Waals surface area contributed by atoms with E-state index in [2.05, 4.69) is 22.4 Å². The molecule has 162 valence electrons. The Morgan fingerprint density at radius 1 is 1.34 bits per heavy atom. The summed E-state index contributed by atoms with van der Waals surface area (Å²) in [6, 6.07) is 11.0.